The molecular formula is C12H17N3O2. The molecule has 1 aliphatic rings. The van der Waals surface area contributed by atoms with Gasteiger partial charge in [-0.3, -0.25) is 0 Å². The topological polar surface area (TPSA) is 58.0 Å². The summed E-state index contributed by atoms with van der Waals surface area (Å²) in [4.78, 5) is 6.62. The van der Waals surface area contributed by atoms with Gasteiger partial charge in [0.2, 0.25) is 5.88 Å². The van der Waals surface area contributed by atoms with Crippen LogP contribution < -0.4 is 9.64 Å². The van der Waals surface area contributed by atoms with Crippen molar-refractivity contribution in [3.05, 3.63) is 18.2 Å². The molecule has 1 aliphatic heterocycles. The maximum Gasteiger partial charge on any atom is 0.215 e. The molecule has 2 heterocycles. The Balaban J connectivity index is 2.05. The summed E-state index contributed by atoms with van der Waals surface area (Å²) in [6.45, 7) is 4.24. The highest BCUT2D eigenvalue weighted by Gasteiger charge is 2.16. The maximum absolute atomic E-state index is 8.70. The summed E-state index contributed by atoms with van der Waals surface area (Å²) >= 11 is 0. The first-order valence-electron chi connectivity index (χ1n) is 5.88. The number of pyridine rings is 1. The number of piperidine rings is 1. The number of nitrogens with zero attached hydrogens (tertiary/aromatic N) is 3. The van der Waals surface area contributed by atoms with Crippen LogP contribution in [0.15, 0.2) is 23.4 Å². The Morgan fingerprint density at radius 3 is 2.82 bits per heavy atom. The van der Waals surface area contributed by atoms with E-state index in [1.807, 2.05) is 25.1 Å². The van der Waals surface area contributed by atoms with E-state index in [0.717, 1.165) is 37.5 Å². The highest BCUT2D eigenvalue weighted by Crippen LogP contribution is 2.19. The van der Waals surface area contributed by atoms with Gasteiger partial charge in [0.15, 0.2) is 0 Å². The van der Waals surface area contributed by atoms with Crippen molar-refractivity contribution in [2.75, 3.05) is 24.6 Å². The Kier molecular flexibility index (Phi) is 3.80. The molecule has 5 nitrogen and oxygen atoms in total. The van der Waals surface area contributed by atoms with Crippen LogP contribution in [0.2, 0.25) is 0 Å². The van der Waals surface area contributed by atoms with Gasteiger partial charge in [-0.15, -0.1) is 0 Å². The molecule has 0 amide bonds. The summed E-state index contributed by atoms with van der Waals surface area (Å²) in [5.74, 6) is 1.58. The van der Waals surface area contributed by atoms with Crippen molar-refractivity contribution in [1.29, 1.82) is 0 Å². The average Bonchev–Trinajstić information content (AvgIpc) is 2.40. The molecule has 2 rings (SSSR count). The minimum absolute atomic E-state index is 0.623. The van der Waals surface area contributed by atoms with Crippen LogP contribution in [0.1, 0.15) is 19.8 Å². The zero-order valence-corrected chi connectivity index (χ0v) is 9.96. The second-order valence-electron chi connectivity index (χ2n) is 3.92. The fourth-order valence-electron chi connectivity index (χ4n) is 1.90. The number of aromatic nitrogens is 1. The van der Waals surface area contributed by atoms with Gasteiger partial charge in [0.25, 0.3) is 0 Å². The standard InChI is InChI=1S/C12H17N3O2/c1-2-17-12-5-3-4-11(13-12)15-8-6-10(14-16)7-9-15/h3-5,16H,2,6-9H2,1H3. The molecule has 1 fully saturated rings. The summed E-state index contributed by atoms with van der Waals surface area (Å²) in [6, 6.07) is 5.78. The van der Waals surface area contributed by atoms with Gasteiger partial charge in [-0.25, -0.2) is 0 Å². The molecule has 0 spiro atoms. The summed E-state index contributed by atoms with van der Waals surface area (Å²) in [5.41, 5.74) is 0.863. The molecule has 1 aromatic heterocycles. The number of ether oxygens (including phenoxy) is 1. The van der Waals surface area contributed by atoms with E-state index < -0.39 is 0 Å². The summed E-state index contributed by atoms with van der Waals surface area (Å²) in [6.07, 6.45) is 1.58. The first-order valence-corrected chi connectivity index (χ1v) is 5.88. The van der Waals surface area contributed by atoms with Gasteiger partial charge >= 0.3 is 0 Å². The van der Waals surface area contributed by atoms with Crippen molar-refractivity contribution >= 4 is 11.5 Å². The Morgan fingerprint density at radius 2 is 2.18 bits per heavy atom. The highest BCUT2D eigenvalue weighted by atomic mass is 16.5. The van der Waals surface area contributed by atoms with E-state index >= 15 is 0 Å². The largest absolute Gasteiger partial charge is 0.478 e. The molecule has 0 aliphatic carbocycles. The van der Waals surface area contributed by atoms with Crippen LogP contribution in [0.4, 0.5) is 5.82 Å². The van der Waals surface area contributed by atoms with Gasteiger partial charge in [-0.05, 0) is 13.0 Å². The molecule has 0 saturated carbocycles. The van der Waals surface area contributed by atoms with Gasteiger partial charge in [0, 0.05) is 32.0 Å². The van der Waals surface area contributed by atoms with E-state index in [0.29, 0.717) is 12.5 Å². The van der Waals surface area contributed by atoms with Crippen molar-refractivity contribution in [3.63, 3.8) is 0 Å². The normalized spacial score (nSPS) is 15.8. The Hall–Kier alpha value is -1.78. The van der Waals surface area contributed by atoms with Gasteiger partial charge < -0.3 is 14.8 Å². The van der Waals surface area contributed by atoms with Crippen LogP contribution in [0.25, 0.3) is 0 Å². The first-order chi connectivity index (χ1) is 8.33. The molecule has 0 atom stereocenters. The second kappa shape index (κ2) is 5.52. The lowest BCUT2D eigenvalue weighted by atomic mass is 10.1. The quantitative estimate of drug-likeness (QED) is 0.642. The van der Waals surface area contributed by atoms with Crippen LogP contribution in [0, 0.1) is 0 Å². The van der Waals surface area contributed by atoms with E-state index in [9.17, 15) is 0 Å². The molecular weight excluding hydrogens is 218 g/mol. The minimum Gasteiger partial charge on any atom is -0.478 e. The van der Waals surface area contributed by atoms with Gasteiger partial charge in [-0.2, -0.15) is 4.98 Å². The van der Waals surface area contributed by atoms with E-state index in [1.165, 1.54) is 0 Å². The minimum atomic E-state index is 0.623. The van der Waals surface area contributed by atoms with Crippen molar-refractivity contribution in [3.8, 4) is 5.88 Å². The van der Waals surface area contributed by atoms with Crippen molar-refractivity contribution in [2.24, 2.45) is 5.16 Å². The van der Waals surface area contributed by atoms with E-state index in [2.05, 4.69) is 15.0 Å². The predicted octanol–water partition coefficient (Wildman–Crippen LogP) is 1.91. The lowest BCUT2D eigenvalue weighted by Gasteiger charge is -2.28. The van der Waals surface area contributed by atoms with Gasteiger partial charge in [0.05, 0.1) is 12.3 Å². The smallest absolute Gasteiger partial charge is 0.215 e. The number of rotatable bonds is 3. The molecule has 1 saturated heterocycles. The predicted molar refractivity (Wildman–Crippen MR) is 66.1 cm³/mol. The molecule has 0 unspecified atom stereocenters. The molecule has 0 aromatic carbocycles. The molecule has 1 N–H and O–H groups in total. The molecule has 17 heavy (non-hydrogen) atoms. The number of hydrogen-bond acceptors (Lipinski definition) is 5. The lowest BCUT2D eigenvalue weighted by molar-refractivity contribution is 0.315. The average molecular weight is 235 g/mol. The van der Waals surface area contributed by atoms with Crippen LogP contribution in [0.3, 0.4) is 0 Å². The third-order valence-electron chi connectivity index (χ3n) is 2.81. The van der Waals surface area contributed by atoms with Crippen molar-refractivity contribution in [1.82, 2.24) is 4.98 Å². The third kappa shape index (κ3) is 2.87. The number of anilines is 1. The van der Waals surface area contributed by atoms with Crippen LogP contribution in [0.5, 0.6) is 5.88 Å². The summed E-state index contributed by atoms with van der Waals surface area (Å²) < 4.78 is 5.38. The Morgan fingerprint density at radius 1 is 1.41 bits per heavy atom. The zero-order chi connectivity index (χ0) is 12.1. The van der Waals surface area contributed by atoms with Crippen LogP contribution in [-0.2, 0) is 0 Å². The fourth-order valence-corrected chi connectivity index (χ4v) is 1.90. The van der Waals surface area contributed by atoms with Crippen LogP contribution >= 0.6 is 0 Å². The van der Waals surface area contributed by atoms with E-state index in [1.54, 1.807) is 0 Å². The molecule has 1 aromatic rings. The maximum atomic E-state index is 8.70. The monoisotopic (exact) mass is 235 g/mol. The molecule has 0 radical (unpaired) electrons. The van der Waals surface area contributed by atoms with E-state index in [-0.39, 0.29) is 0 Å². The molecule has 0 bridgehead atoms. The third-order valence-corrected chi connectivity index (χ3v) is 2.81. The highest BCUT2D eigenvalue weighted by molar-refractivity contribution is 5.86. The summed E-state index contributed by atoms with van der Waals surface area (Å²) in [5, 5.41) is 12.0. The number of hydrogen-bond donors (Lipinski definition) is 1. The zero-order valence-electron chi connectivity index (χ0n) is 9.96. The van der Waals surface area contributed by atoms with Crippen LogP contribution in [-0.4, -0.2) is 35.6 Å². The fraction of sp³-hybridized carbons (Fsp3) is 0.500. The van der Waals surface area contributed by atoms with Crippen molar-refractivity contribution < 1.29 is 9.94 Å². The van der Waals surface area contributed by atoms with Gasteiger partial charge in [0.1, 0.15) is 5.82 Å². The SMILES string of the molecule is CCOc1cccc(N2CCC(=NO)CC2)n1. The van der Waals surface area contributed by atoms with E-state index in [4.69, 9.17) is 9.94 Å². The summed E-state index contributed by atoms with van der Waals surface area (Å²) in [7, 11) is 0. The van der Waals surface area contributed by atoms with Gasteiger partial charge in [-0.1, -0.05) is 11.2 Å². The molecule has 5 heteroatoms. The van der Waals surface area contributed by atoms with Crippen molar-refractivity contribution in [2.45, 2.75) is 19.8 Å². The number of oxime groups is 1. The lowest BCUT2D eigenvalue weighted by Crippen LogP contribution is -2.34. The Labute approximate surface area is 101 Å². The second-order valence-corrected chi connectivity index (χ2v) is 3.92. The molecule has 92 valence electrons. The Bertz CT molecular complexity index is 396. The first kappa shape index (κ1) is 11.7.